The fourth-order valence-corrected chi connectivity index (χ4v) is 1.24. The van der Waals surface area contributed by atoms with Crippen LogP contribution in [0.2, 0.25) is 0 Å². The molecular formula is C14H22BOS. The molecule has 0 aliphatic rings. The molecule has 17 heavy (non-hydrogen) atoms. The van der Waals surface area contributed by atoms with Crippen LogP contribution in [-0.4, -0.2) is 17.8 Å². The largest absolute Gasteiger partial charge is 0.428 e. The predicted molar refractivity (Wildman–Crippen MR) is 79.4 cm³/mol. The molecule has 0 N–H and O–H groups in total. The third-order valence-corrected chi connectivity index (χ3v) is 3.89. The maximum atomic E-state index is 5.85. The minimum atomic E-state index is -0.306. The summed E-state index contributed by atoms with van der Waals surface area (Å²) in [6.45, 7) is 10.4. The third-order valence-electron chi connectivity index (χ3n) is 3.35. The van der Waals surface area contributed by atoms with Gasteiger partial charge in [0.25, 0.3) is 0 Å². The van der Waals surface area contributed by atoms with Gasteiger partial charge in [-0.2, -0.15) is 12.6 Å². The highest BCUT2D eigenvalue weighted by Crippen LogP contribution is 2.30. The molecular weight excluding hydrogens is 227 g/mol. The van der Waals surface area contributed by atoms with Crippen molar-refractivity contribution < 1.29 is 4.65 Å². The molecule has 0 aliphatic carbocycles. The number of hydrogen-bond acceptors (Lipinski definition) is 2. The first-order valence-electron chi connectivity index (χ1n) is 6.08. The van der Waals surface area contributed by atoms with Crippen LogP contribution in [0.1, 0.15) is 40.2 Å². The molecule has 93 valence electrons. The average Bonchev–Trinajstić information content (AvgIpc) is 2.25. The Balaban J connectivity index is 2.61. The van der Waals surface area contributed by atoms with Gasteiger partial charge in [0.05, 0.1) is 5.60 Å². The van der Waals surface area contributed by atoms with E-state index >= 15 is 0 Å². The second kappa shape index (κ2) is 5.49. The molecule has 0 aliphatic heterocycles. The molecule has 0 spiro atoms. The van der Waals surface area contributed by atoms with Crippen molar-refractivity contribution in [1.29, 1.82) is 0 Å². The van der Waals surface area contributed by atoms with E-state index in [0.29, 0.717) is 0 Å². The average molecular weight is 249 g/mol. The first-order chi connectivity index (χ1) is 7.76. The summed E-state index contributed by atoms with van der Waals surface area (Å²) in [7, 11) is 1.82. The van der Waals surface area contributed by atoms with Gasteiger partial charge in [0.2, 0.25) is 0 Å². The van der Waals surface area contributed by atoms with E-state index in [1.165, 1.54) is 5.56 Å². The molecule has 1 aromatic carbocycles. The molecule has 0 heterocycles. The summed E-state index contributed by atoms with van der Waals surface area (Å²) < 4.78 is 5.66. The van der Waals surface area contributed by atoms with E-state index in [4.69, 9.17) is 4.65 Å². The van der Waals surface area contributed by atoms with Gasteiger partial charge in [-0.05, 0) is 39.7 Å². The quantitative estimate of drug-likeness (QED) is 0.623. The molecule has 0 unspecified atom stereocenters. The zero-order valence-corrected chi connectivity index (χ0v) is 12.3. The van der Waals surface area contributed by atoms with Crippen molar-refractivity contribution in [2.75, 3.05) is 0 Å². The van der Waals surface area contributed by atoms with E-state index in [9.17, 15) is 0 Å². The lowest BCUT2D eigenvalue weighted by Crippen LogP contribution is -2.45. The summed E-state index contributed by atoms with van der Waals surface area (Å²) in [4.78, 5) is 0. The van der Waals surface area contributed by atoms with Crippen LogP contribution in [0.5, 0.6) is 0 Å². The Bertz CT molecular complexity index is 351. The van der Waals surface area contributed by atoms with Gasteiger partial charge >= 0.3 is 7.48 Å². The zero-order chi connectivity index (χ0) is 13.1. The number of benzene rings is 1. The van der Waals surface area contributed by atoms with Crippen molar-refractivity contribution in [3.8, 4) is 0 Å². The Morgan fingerprint density at radius 2 is 1.65 bits per heavy atom. The van der Waals surface area contributed by atoms with E-state index < -0.39 is 0 Å². The van der Waals surface area contributed by atoms with E-state index in [2.05, 4.69) is 71.5 Å². The molecule has 1 rings (SSSR count). The second-order valence-corrected chi connectivity index (χ2v) is 6.52. The summed E-state index contributed by atoms with van der Waals surface area (Å²) in [5.41, 5.74) is 2.13. The van der Waals surface area contributed by atoms with Gasteiger partial charge in [0.15, 0.2) is 0 Å². The van der Waals surface area contributed by atoms with Crippen molar-refractivity contribution in [3.05, 3.63) is 29.8 Å². The van der Waals surface area contributed by atoms with Crippen molar-refractivity contribution >= 4 is 25.6 Å². The number of rotatable bonds is 5. The standard InChI is InChI=1S/C14H22BOS/c1-6-11-7-9-12(10-8-11)15-16-13(2,3)14(4,5)17/h7-10,17H,6H2,1-5H3. The van der Waals surface area contributed by atoms with Crippen LogP contribution in [0.3, 0.4) is 0 Å². The minimum absolute atomic E-state index is 0.188. The van der Waals surface area contributed by atoms with Gasteiger partial charge in [-0.25, -0.2) is 0 Å². The maximum Gasteiger partial charge on any atom is 0.330 e. The molecule has 1 aromatic rings. The minimum Gasteiger partial charge on any atom is -0.428 e. The Morgan fingerprint density at radius 3 is 2.06 bits per heavy atom. The molecule has 3 heteroatoms. The van der Waals surface area contributed by atoms with Gasteiger partial charge in [0.1, 0.15) is 0 Å². The van der Waals surface area contributed by atoms with Crippen LogP contribution in [0.4, 0.5) is 0 Å². The van der Waals surface area contributed by atoms with Crippen molar-refractivity contribution in [1.82, 2.24) is 0 Å². The lowest BCUT2D eigenvalue weighted by atomic mass is 9.83. The molecule has 1 nitrogen and oxygen atoms in total. The van der Waals surface area contributed by atoms with E-state index in [0.717, 1.165) is 11.9 Å². The summed E-state index contributed by atoms with van der Waals surface area (Å²) in [5, 5.41) is 0. The highest BCUT2D eigenvalue weighted by Gasteiger charge is 2.34. The normalized spacial score (nSPS) is 12.6. The van der Waals surface area contributed by atoms with Crippen molar-refractivity contribution in [2.24, 2.45) is 0 Å². The molecule has 0 saturated heterocycles. The number of hydrogen-bond donors (Lipinski definition) is 1. The van der Waals surface area contributed by atoms with Gasteiger partial charge in [0, 0.05) is 4.75 Å². The molecule has 0 atom stereocenters. The monoisotopic (exact) mass is 249 g/mol. The third kappa shape index (κ3) is 4.08. The van der Waals surface area contributed by atoms with E-state index in [1.807, 2.05) is 7.48 Å². The van der Waals surface area contributed by atoms with Gasteiger partial charge in [-0.3, -0.25) is 0 Å². The van der Waals surface area contributed by atoms with E-state index in [-0.39, 0.29) is 10.3 Å². The first kappa shape index (κ1) is 14.7. The smallest absolute Gasteiger partial charge is 0.330 e. The molecule has 0 amide bonds. The fraction of sp³-hybridized carbons (Fsp3) is 0.571. The highest BCUT2D eigenvalue weighted by molar-refractivity contribution is 7.81. The van der Waals surface area contributed by atoms with Gasteiger partial charge < -0.3 is 4.65 Å². The van der Waals surface area contributed by atoms with Crippen LogP contribution in [0, 0.1) is 0 Å². The Morgan fingerprint density at radius 1 is 1.12 bits per heavy atom. The predicted octanol–water partition coefficient (Wildman–Crippen LogP) is 3.00. The second-order valence-electron chi connectivity index (χ2n) is 5.40. The molecule has 0 saturated carbocycles. The van der Waals surface area contributed by atoms with Crippen LogP contribution in [0.15, 0.2) is 24.3 Å². The topological polar surface area (TPSA) is 9.23 Å². The molecule has 0 bridgehead atoms. The summed E-state index contributed by atoms with van der Waals surface area (Å²) >= 11 is 4.57. The Hall–Kier alpha value is -0.405. The van der Waals surface area contributed by atoms with Crippen molar-refractivity contribution in [3.63, 3.8) is 0 Å². The van der Waals surface area contributed by atoms with Crippen LogP contribution in [0.25, 0.3) is 0 Å². The Labute approximate surface area is 112 Å². The molecule has 0 fully saturated rings. The SMILES string of the molecule is CCc1ccc([B]OC(C)(C)C(C)(C)S)cc1. The zero-order valence-electron chi connectivity index (χ0n) is 11.4. The van der Waals surface area contributed by atoms with Crippen molar-refractivity contribution in [2.45, 2.75) is 51.4 Å². The maximum absolute atomic E-state index is 5.85. The lowest BCUT2D eigenvalue weighted by molar-refractivity contribution is 0.0854. The number of thiol groups is 1. The summed E-state index contributed by atoms with van der Waals surface area (Å²) in [5.74, 6) is 0. The Kier molecular flexibility index (Phi) is 4.73. The van der Waals surface area contributed by atoms with Crippen LogP contribution in [-0.2, 0) is 11.1 Å². The summed E-state index contributed by atoms with van der Waals surface area (Å²) in [6, 6.07) is 8.43. The molecule has 1 radical (unpaired) electrons. The number of aryl methyl sites for hydroxylation is 1. The highest BCUT2D eigenvalue weighted by atomic mass is 32.1. The van der Waals surface area contributed by atoms with E-state index in [1.54, 1.807) is 0 Å². The van der Waals surface area contributed by atoms with Gasteiger partial charge in [-0.1, -0.05) is 36.7 Å². The van der Waals surface area contributed by atoms with Crippen LogP contribution >= 0.6 is 12.6 Å². The first-order valence-corrected chi connectivity index (χ1v) is 6.53. The van der Waals surface area contributed by atoms with Gasteiger partial charge in [-0.15, -0.1) is 0 Å². The fourth-order valence-electron chi connectivity index (χ4n) is 1.19. The van der Waals surface area contributed by atoms with Crippen LogP contribution < -0.4 is 5.46 Å². The molecule has 0 aromatic heterocycles. The lowest BCUT2D eigenvalue weighted by Gasteiger charge is -2.38. The summed E-state index contributed by atoms with van der Waals surface area (Å²) in [6.07, 6.45) is 1.07.